The smallest absolute Gasteiger partial charge is 0.343 e. The highest BCUT2D eigenvalue weighted by molar-refractivity contribution is 5.93. The second-order valence-electron chi connectivity index (χ2n) is 8.82. The monoisotopic (exact) mass is 493 g/mol. The molecule has 1 aromatic heterocycles. The molecule has 35 heavy (non-hydrogen) atoms. The van der Waals surface area contributed by atoms with Gasteiger partial charge in [-0.1, -0.05) is 0 Å². The summed E-state index contributed by atoms with van der Waals surface area (Å²) in [6, 6.07) is 2.83. The zero-order chi connectivity index (χ0) is 25.3. The summed E-state index contributed by atoms with van der Waals surface area (Å²) in [4.78, 5) is 40.7. The lowest BCUT2D eigenvalue weighted by atomic mass is 10.1. The molecule has 1 aromatic carbocycles. The topological polar surface area (TPSA) is 81.1 Å². The second kappa shape index (κ2) is 10.1. The second-order valence-corrected chi connectivity index (χ2v) is 8.82. The molecule has 11 heteroatoms. The van der Waals surface area contributed by atoms with E-state index in [9.17, 15) is 27.6 Å². The molecule has 1 saturated heterocycles. The van der Waals surface area contributed by atoms with Crippen molar-refractivity contribution in [1.82, 2.24) is 14.4 Å². The molecule has 1 atom stereocenters. The maximum absolute atomic E-state index is 14.2. The van der Waals surface area contributed by atoms with E-state index in [0.29, 0.717) is 18.7 Å². The summed E-state index contributed by atoms with van der Waals surface area (Å²) >= 11 is 0. The van der Waals surface area contributed by atoms with E-state index in [2.05, 4.69) is 0 Å². The van der Waals surface area contributed by atoms with Crippen LogP contribution in [0.15, 0.2) is 23.0 Å². The molecule has 4 rings (SSSR count). The lowest BCUT2D eigenvalue weighted by Crippen LogP contribution is -2.30. The van der Waals surface area contributed by atoms with Crippen molar-refractivity contribution in [1.29, 1.82) is 0 Å². The normalized spacial score (nSPS) is 18.4. The molecule has 0 saturated carbocycles. The van der Waals surface area contributed by atoms with Gasteiger partial charge in [0.25, 0.3) is 5.56 Å². The zero-order valence-corrected chi connectivity index (χ0v) is 19.5. The fraction of sp³-hybridized carbons (Fsp3) is 0.458. The Morgan fingerprint density at radius 3 is 2.54 bits per heavy atom. The summed E-state index contributed by atoms with van der Waals surface area (Å²) in [7, 11) is 2.92. The number of fused-ring (bicyclic) bond motifs is 1. The van der Waals surface area contributed by atoms with Gasteiger partial charge in [0.15, 0.2) is 11.6 Å². The Hall–Kier alpha value is -3.34. The number of carbonyl (C=O) groups is 2. The number of ether oxygens (including phenoxy) is 2. The number of methoxy groups -OCH3 is 1. The quantitative estimate of drug-likeness (QED) is 0.452. The maximum atomic E-state index is 14.2. The largest absolute Gasteiger partial charge is 0.492 e. The molecule has 2 aliphatic rings. The van der Waals surface area contributed by atoms with Gasteiger partial charge >= 0.3 is 5.97 Å². The standard InChI is InChI=1S/C24H26F3N3O5/c1-28-11-14(9-20(28)31)13-35-19-10-21(32)30-8-7-29(6-5-18(30)22(19)24(33)34-2)12-15-16(25)3-4-17(26)23(15)27/h3-4,10,14H,5-9,11-13H2,1-2H3/t14-/m0/s1. The van der Waals surface area contributed by atoms with Crippen LogP contribution in [-0.2, 0) is 29.0 Å². The highest BCUT2D eigenvalue weighted by Gasteiger charge is 2.30. The Morgan fingerprint density at radius 1 is 1.11 bits per heavy atom. The lowest BCUT2D eigenvalue weighted by molar-refractivity contribution is -0.126. The van der Waals surface area contributed by atoms with Crippen LogP contribution >= 0.6 is 0 Å². The predicted molar refractivity (Wildman–Crippen MR) is 119 cm³/mol. The van der Waals surface area contributed by atoms with Crippen LogP contribution in [0.25, 0.3) is 0 Å². The molecule has 0 N–H and O–H groups in total. The fourth-order valence-corrected chi connectivity index (χ4v) is 4.60. The Labute approximate surface area is 199 Å². The summed E-state index contributed by atoms with van der Waals surface area (Å²) in [5, 5.41) is 0. The number of likely N-dealkylation sites (tertiary alicyclic amines) is 1. The van der Waals surface area contributed by atoms with Gasteiger partial charge in [0.2, 0.25) is 5.91 Å². The van der Waals surface area contributed by atoms with E-state index in [1.807, 2.05) is 0 Å². The first-order valence-electron chi connectivity index (χ1n) is 11.3. The number of nitrogens with zero attached hydrogens (tertiary/aromatic N) is 3. The van der Waals surface area contributed by atoms with Crippen molar-refractivity contribution in [3.8, 4) is 5.75 Å². The first-order valence-corrected chi connectivity index (χ1v) is 11.3. The van der Waals surface area contributed by atoms with Crippen LogP contribution in [0.3, 0.4) is 0 Å². The third kappa shape index (κ3) is 5.04. The predicted octanol–water partition coefficient (Wildman–Crippen LogP) is 1.97. The van der Waals surface area contributed by atoms with Crippen LogP contribution in [0, 0.1) is 23.4 Å². The molecule has 1 amide bonds. The van der Waals surface area contributed by atoms with Gasteiger partial charge < -0.3 is 18.9 Å². The molecule has 0 bridgehead atoms. The van der Waals surface area contributed by atoms with Gasteiger partial charge in [-0.2, -0.15) is 0 Å². The fourth-order valence-electron chi connectivity index (χ4n) is 4.60. The minimum Gasteiger partial charge on any atom is -0.492 e. The third-order valence-electron chi connectivity index (χ3n) is 6.49. The number of amides is 1. The number of rotatable bonds is 6. The van der Waals surface area contributed by atoms with E-state index in [4.69, 9.17) is 9.47 Å². The maximum Gasteiger partial charge on any atom is 0.343 e. The summed E-state index contributed by atoms with van der Waals surface area (Å²) in [6.45, 7) is 1.12. The molecule has 2 aromatic rings. The van der Waals surface area contributed by atoms with Gasteiger partial charge in [-0.25, -0.2) is 18.0 Å². The highest BCUT2D eigenvalue weighted by Crippen LogP contribution is 2.27. The van der Waals surface area contributed by atoms with Gasteiger partial charge in [-0.05, 0) is 12.1 Å². The number of benzene rings is 1. The van der Waals surface area contributed by atoms with Gasteiger partial charge in [0, 0.05) is 75.9 Å². The van der Waals surface area contributed by atoms with Crippen molar-refractivity contribution in [2.45, 2.75) is 25.9 Å². The van der Waals surface area contributed by atoms with Crippen molar-refractivity contribution in [3.63, 3.8) is 0 Å². The van der Waals surface area contributed by atoms with E-state index < -0.39 is 34.5 Å². The van der Waals surface area contributed by atoms with Crippen LogP contribution in [0.1, 0.15) is 28.0 Å². The molecule has 0 unspecified atom stereocenters. The van der Waals surface area contributed by atoms with Crippen molar-refractivity contribution in [2.24, 2.45) is 5.92 Å². The average Bonchev–Trinajstić information content (AvgIpc) is 3.02. The Bertz CT molecular complexity index is 1220. The Kier molecular flexibility index (Phi) is 7.15. The first kappa shape index (κ1) is 24.8. The minimum absolute atomic E-state index is 0.0000477. The van der Waals surface area contributed by atoms with Crippen molar-refractivity contribution >= 4 is 11.9 Å². The SMILES string of the molecule is COC(=O)c1c(OC[C@H]2CC(=O)N(C)C2)cc(=O)n2c1CCN(Cc1c(F)ccc(F)c1F)CC2. The zero-order valence-electron chi connectivity index (χ0n) is 19.5. The molecule has 0 spiro atoms. The van der Waals surface area contributed by atoms with Crippen molar-refractivity contribution < 1.29 is 32.2 Å². The Morgan fingerprint density at radius 2 is 1.86 bits per heavy atom. The van der Waals surface area contributed by atoms with E-state index in [1.54, 1.807) is 16.8 Å². The van der Waals surface area contributed by atoms with Crippen LogP contribution in [0.2, 0.25) is 0 Å². The summed E-state index contributed by atoms with van der Waals surface area (Å²) in [6.07, 6.45) is 0.510. The molecule has 188 valence electrons. The van der Waals surface area contributed by atoms with Crippen LogP contribution in [0.5, 0.6) is 5.75 Å². The number of carbonyl (C=O) groups excluding carboxylic acids is 2. The number of esters is 1. The van der Waals surface area contributed by atoms with Crippen molar-refractivity contribution in [2.75, 3.05) is 40.4 Å². The summed E-state index contributed by atoms with van der Waals surface area (Å²) in [5.41, 5.74) is -0.291. The van der Waals surface area contributed by atoms with E-state index in [1.165, 1.54) is 17.7 Å². The number of pyridine rings is 1. The number of hydrogen-bond donors (Lipinski definition) is 0. The Balaban J connectivity index is 1.59. The van der Waals surface area contributed by atoms with Crippen LogP contribution in [-0.4, -0.2) is 66.6 Å². The molecule has 1 fully saturated rings. The molecular formula is C24H26F3N3O5. The van der Waals surface area contributed by atoms with E-state index >= 15 is 0 Å². The minimum atomic E-state index is -1.24. The van der Waals surface area contributed by atoms with Crippen LogP contribution in [0.4, 0.5) is 13.2 Å². The molecule has 3 heterocycles. The molecule has 0 aliphatic carbocycles. The van der Waals surface area contributed by atoms with Gasteiger partial charge in [0.05, 0.1) is 13.7 Å². The van der Waals surface area contributed by atoms with E-state index in [0.717, 1.165) is 12.1 Å². The number of aromatic nitrogens is 1. The van der Waals surface area contributed by atoms with E-state index in [-0.39, 0.29) is 62.3 Å². The van der Waals surface area contributed by atoms with Gasteiger partial charge in [0.1, 0.15) is 17.1 Å². The highest BCUT2D eigenvalue weighted by atomic mass is 19.2. The molecule has 8 nitrogen and oxygen atoms in total. The average molecular weight is 493 g/mol. The summed E-state index contributed by atoms with van der Waals surface area (Å²) in [5.74, 6) is -3.92. The van der Waals surface area contributed by atoms with Crippen LogP contribution < -0.4 is 10.3 Å². The van der Waals surface area contributed by atoms with Crippen molar-refractivity contribution in [3.05, 3.63) is 62.8 Å². The lowest BCUT2D eigenvalue weighted by Gasteiger charge is -2.20. The number of halogens is 3. The molecular weight excluding hydrogens is 467 g/mol. The van der Waals surface area contributed by atoms with Gasteiger partial charge in [-0.3, -0.25) is 14.5 Å². The molecule has 0 radical (unpaired) electrons. The first-order chi connectivity index (χ1) is 16.7. The summed E-state index contributed by atoms with van der Waals surface area (Å²) < 4.78 is 54.2. The van der Waals surface area contributed by atoms with Gasteiger partial charge in [-0.15, -0.1) is 0 Å². The number of hydrogen-bond acceptors (Lipinski definition) is 6. The third-order valence-corrected chi connectivity index (χ3v) is 6.49. The molecule has 2 aliphatic heterocycles.